The molecule has 6 nitrogen and oxygen atoms in total. The van der Waals surface area contributed by atoms with Crippen molar-refractivity contribution in [3.8, 4) is 0 Å². The summed E-state index contributed by atoms with van der Waals surface area (Å²) in [5, 5.41) is 5.31. The minimum absolute atomic E-state index is 0.130. The number of carbonyl (C=O) groups is 1. The van der Waals surface area contributed by atoms with Crippen molar-refractivity contribution in [1.82, 2.24) is 20.3 Å². The molecule has 2 aromatic heterocycles. The van der Waals surface area contributed by atoms with Gasteiger partial charge in [-0.15, -0.1) is 0 Å². The van der Waals surface area contributed by atoms with Gasteiger partial charge in [-0.1, -0.05) is 6.07 Å². The van der Waals surface area contributed by atoms with E-state index in [2.05, 4.69) is 25.6 Å². The maximum absolute atomic E-state index is 12.5. The van der Waals surface area contributed by atoms with Crippen molar-refractivity contribution in [2.45, 2.75) is 19.0 Å². The molecule has 0 aliphatic rings. The first kappa shape index (κ1) is 17.6. The van der Waals surface area contributed by atoms with E-state index in [9.17, 15) is 18.0 Å². The molecule has 0 aliphatic heterocycles. The van der Waals surface area contributed by atoms with Crippen LogP contribution in [0.1, 0.15) is 17.7 Å². The largest absolute Gasteiger partial charge is 0.433 e. The molecule has 2 rings (SSSR count). The number of rotatable bonds is 7. The number of hydrogen-bond donors (Lipinski definition) is 2. The van der Waals surface area contributed by atoms with Crippen molar-refractivity contribution >= 4 is 11.9 Å². The van der Waals surface area contributed by atoms with Crippen LogP contribution in [0.3, 0.4) is 0 Å². The molecule has 0 radical (unpaired) electrons. The van der Waals surface area contributed by atoms with Gasteiger partial charge in [0, 0.05) is 38.1 Å². The number of carbonyl (C=O) groups excluding carboxylic acids is 1. The molecule has 2 aromatic rings. The van der Waals surface area contributed by atoms with E-state index in [1.54, 1.807) is 18.5 Å². The second-order valence-electron chi connectivity index (χ2n) is 4.90. The van der Waals surface area contributed by atoms with Crippen LogP contribution in [0, 0.1) is 0 Å². The maximum atomic E-state index is 12.5. The number of nitrogens with zero attached hydrogens (tertiary/aromatic N) is 3. The summed E-state index contributed by atoms with van der Waals surface area (Å²) in [5.41, 5.74) is -0.0522. The normalized spacial score (nSPS) is 11.1. The summed E-state index contributed by atoms with van der Waals surface area (Å²) in [6.45, 7) is 0.478. The number of halogens is 3. The van der Waals surface area contributed by atoms with Gasteiger partial charge >= 0.3 is 6.18 Å². The van der Waals surface area contributed by atoms with Crippen LogP contribution in [0.15, 0.2) is 36.8 Å². The van der Waals surface area contributed by atoms with Gasteiger partial charge in [0.1, 0.15) is 5.69 Å². The zero-order valence-corrected chi connectivity index (χ0v) is 12.7. The summed E-state index contributed by atoms with van der Waals surface area (Å²) in [6.07, 6.45) is 0.755. The third kappa shape index (κ3) is 5.82. The highest BCUT2D eigenvalue weighted by atomic mass is 19.4. The Morgan fingerprint density at radius 3 is 2.71 bits per heavy atom. The smallest absolute Gasteiger partial charge is 0.354 e. The molecule has 128 valence electrons. The lowest BCUT2D eigenvalue weighted by atomic mass is 10.1. The number of hydrogen-bond acceptors (Lipinski definition) is 5. The predicted molar refractivity (Wildman–Crippen MR) is 81.1 cm³/mol. The van der Waals surface area contributed by atoms with Gasteiger partial charge in [-0.05, 0) is 24.1 Å². The lowest BCUT2D eigenvalue weighted by Crippen LogP contribution is -2.29. The van der Waals surface area contributed by atoms with E-state index in [0.29, 0.717) is 12.8 Å². The minimum Gasteiger partial charge on any atom is -0.354 e. The molecular formula is C15H16F3N5O. The summed E-state index contributed by atoms with van der Waals surface area (Å²) < 4.78 is 37.5. The fourth-order valence-corrected chi connectivity index (χ4v) is 1.87. The highest BCUT2D eigenvalue weighted by Crippen LogP contribution is 2.27. The van der Waals surface area contributed by atoms with Crippen molar-refractivity contribution < 1.29 is 18.0 Å². The molecule has 0 saturated carbocycles. The first-order valence-electron chi connectivity index (χ1n) is 7.25. The summed E-state index contributed by atoms with van der Waals surface area (Å²) >= 11 is 0. The van der Waals surface area contributed by atoms with Gasteiger partial charge in [-0.2, -0.15) is 13.2 Å². The Bertz CT molecular complexity index is 664. The van der Waals surface area contributed by atoms with Crippen molar-refractivity contribution in [1.29, 1.82) is 0 Å². The van der Waals surface area contributed by atoms with Crippen LogP contribution in [0.2, 0.25) is 0 Å². The van der Waals surface area contributed by atoms with E-state index in [-0.39, 0.29) is 24.9 Å². The number of aromatic nitrogens is 3. The molecule has 1 amide bonds. The Morgan fingerprint density at radius 1 is 1.17 bits per heavy atom. The van der Waals surface area contributed by atoms with Gasteiger partial charge in [0.25, 0.3) is 0 Å². The number of alkyl halides is 3. The Hall–Kier alpha value is -2.71. The molecule has 0 unspecified atom stereocenters. The quantitative estimate of drug-likeness (QED) is 0.755. The van der Waals surface area contributed by atoms with Crippen LogP contribution < -0.4 is 10.6 Å². The van der Waals surface area contributed by atoms with Crippen LogP contribution in [0.25, 0.3) is 0 Å². The van der Waals surface area contributed by atoms with Crippen LogP contribution in [-0.2, 0) is 17.4 Å². The van der Waals surface area contributed by atoms with Crippen LogP contribution in [0.4, 0.5) is 19.1 Å². The number of anilines is 1. The van der Waals surface area contributed by atoms with Crippen LogP contribution >= 0.6 is 0 Å². The Kier molecular flexibility index (Phi) is 6.05. The fraction of sp³-hybridized carbons (Fsp3) is 0.333. The van der Waals surface area contributed by atoms with Crippen molar-refractivity contribution in [2.75, 3.05) is 18.4 Å². The zero-order valence-electron chi connectivity index (χ0n) is 12.7. The summed E-state index contributed by atoms with van der Waals surface area (Å²) in [5.74, 6) is -0.278. The van der Waals surface area contributed by atoms with E-state index < -0.39 is 11.9 Å². The fourth-order valence-electron chi connectivity index (χ4n) is 1.87. The SMILES string of the molecule is O=C(CCc1cccnc1)NCCNc1nccc(C(F)(F)F)n1. The van der Waals surface area contributed by atoms with E-state index in [4.69, 9.17) is 0 Å². The molecule has 24 heavy (non-hydrogen) atoms. The first-order chi connectivity index (χ1) is 11.4. The summed E-state index contributed by atoms with van der Waals surface area (Å²) in [7, 11) is 0. The van der Waals surface area contributed by atoms with E-state index in [1.807, 2.05) is 6.07 Å². The number of nitrogens with one attached hydrogen (secondary N) is 2. The van der Waals surface area contributed by atoms with Gasteiger partial charge in [-0.3, -0.25) is 9.78 Å². The zero-order chi connectivity index (χ0) is 17.4. The van der Waals surface area contributed by atoms with E-state index >= 15 is 0 Å². The highest BCUT2D eigenvalue weighted by Gasteiger charge is 2.32. The Labute approximate surface area is 136 Å². The average Bonchev–Trinajstić information content (AvgIpc) is 2.57. The predicted octanol–water partition coefficient (Wildman–Crippen LogP) is 2.05. The Balaban J connectivity index is 1.68. The number of amides is 1. The topological polar surface area (TPSA) is 79.8 Å². The van der Waals surface area contributed by atoms with Gasteiger partial charge < -0.3 is 10.6 Å². The number of pyridine rings is 1. The van der Waals surface area contributed by atoms with E-state index in [1.165, 1.54) is 0 Å². The molecule has 9 heteroatoms. The molecule has 2 heterocycles. The van der Waals surface area contributed by atoms with Crippen molar-refractivity contribution in [3.05, 3.63) is 48.0 Å². The lowest BCUT2D eigenvalue weighted by Gasteiger charge is -2.09. The average molecular weight is 339 g/mol. The molecule has 0 aromatic carbocycles. The second kappa shape index (κ2) is 8.23. The molecule has 0 bridgehead atoms. The standard InChI is InChI=1S/C15H16F3N5O/c16-15(17,18)12-5-7-21-14(23-12)22-9-8-20-13(24)4-3-11-2-1-6-19-10-11/h1-2,5-7,10H,3-4,8-9H2,(H,20,24)(H,21,22,23). The van der Waals surface area contributed by atoms with Gasteiger partial charge in [0.2, 0.25) is 11.9 Å². The number of aryl methyl sites for hydroxylation is 1. The maximum Gasteiger partial charge on any atom is 0.433 e. The summed E-state index contributed by atoms with van der Waals surface area (Å²) in [6, 6.07) is 4.48. The highest BCUT2D eigenvalue weighted by molar-refractivity contribution is 5.76. The Morgan fingerprint density at radius 2 is 2.00 bits per heavy atom. The summed E-state index contributed by atoms with van der Waals surface area (Å²) in [4.78, 5) is 22.7. The van der Waals surface area contributed by atoms with Gasteiger partial charge in [-0.25, -0.2) is 9.97 Å². The lowest BCUT2D eigenvalue weighted by molar-refractivity contribution is -0.141. The van der Waals surface area contributed by atoms with Gasteiger partial charge in [0.15, 0.2) is 0 Å². The molecule has 2 N–H and O–H groups in total. The van der Waals surface area contributed by atoms with Crippen molar-refractivity contribution in [3.63, 3.8) is 0 Å². The molecule has 0 aliphatic carbocycles. The second-order valence-corrected chi connectivity index (χ2v) is 4.90. The third-order valence-corrected chi connectivity index (χ3v) is 3.04. The molecular weight excluding hydrogens is 323 g/mol. The van der Waals surface area contributed by atoms with Crippen LogP contribution in [-0.4, -0.2) is 33.9 Å². The molecule has 0 fully saturated rings. The minimum atomic E-state index is -4.51. The molecule has 0 atom stereocenters. The third-order valence-electron chi connectivity index (χ3n) is 3.04. The van der Waals surface area contributed by atoms with Crippen LogP contribution in [0.5, 0.6) is 0 Å². The van der Waals surface area contributed by atoms with E-state index in [0.717, 1.165) is 17.8 Å². The first-order valence-corrected chi connectivity index (χ1v) is 7.25. The van der Waals surface area contributed by atoms with Crippen molar-refractivity contribution in [2.24, 2.45) is 0 Å². The molecule has 0 spiro atoms. The monoisotopic (exact) mass is 339 g/mol. The molecule has 0 saturated heterocycles. The van der Waals surface area contributed by atoms with Gasteiger partial charge in [0.05, 0.1) is 0 Å².